The SMILES string of the molecule is CC1(NC(=O)OC(C)(C)C)CCC(F)(F)C1. The second kappa shape index (κ2) is 3.86. The zero-order chi connectivity index (χ0) is 12.6. The molecule has 0 radical (unpaired) electrons. The van der Waals surface area contributed by atoms with E-state index in [4.69, 9.17) is 4.74 Å². The van der Waals surface area contributed by atoms with Crippen LogP contribution in [0.1, 0.15) is 47.0 Å². The zero-order valence-corrected chi connectivity index (χ0v) is 10.2. The van der Waals surface area contributed by atoms with Crippen LogP contribution in [0.5, 0.6) is 0 Å². The van der Waals surface area contributed by atoms with E-state index in [1.54, 1.807) is 27.7 Å². The minimum atomic E-state index is -2.68. The molecule has 3 nitrogen and oxygen atoms in total. The maximum absolute atomic E-state index is 13.0. The van der Waals surface area contributed by atoms with Crippen LogP contribution in [0.3, 0.4) is 0 Å². The molecule has 0 aromatic heterocycles. The van der Waals surface area contributed by atoms with Gasteiger partial charge in [0.25, 0.3) is 5.92 Å². The van der Waals surface area contributed by atoms with Crippen molar-refractivity contribution in [2.45, 2.75) is 64.0 Å². The molecule has 0 aliphatic heterocycles. The standard InChI is InChI=1S/C11H19F2NO2/c1-9(2,3)16-8(15)14-10(4)5-6-11(12,13)7-10/h5-7H2,1-4H3,(H,14,15). The van der Waals surface area contributed by atoms with Gasteiger partial charge in [-0.2, -0.15) is 0 Å². The Morgan fingerprint density at radius 1 is 1.31 bits per heavy atom. The molecule has 94 valence electrons. The summed E-state index contributed by atoms with van der Waals surface area (Å²) in [5.74, 6) is -2.68. The van der Waals surface area contributed by atoms with Crippen LogP contribution in [-0.4, -0.2) is 23.2 Å². The van der Waals surface area contributed by atoms with E-state index in [0.29, 0.717) is 0 Å². The van der Waals surface area contributed by atoms with Gasteiger partial charge in [0.2, 0.25) is 0 Å². The molecule has 16 heavy (non-hydrogen) atoms. The first-order valence-electron chi connectivity index (χ1n) is 5.40. The summed E-state index contributed by atoms with van der Waals surface area (Å²) in [6.45, 7) is 6.83. The van der Waals surface area contributed by atoms with E-state index >= 15 is 0 Å². The molecule has 1 aliphatic carbocycles. The van der Waals surface area contributed by atoms with Crippen LogP contribution >= 0.6 is 0 Å². The second-order valence-corrected chi connectivity index (χ2v) is 5.72. The van der Waals surface area contributed by atoms with Gasteiger partial charge in [0, 0.05) is 18.4 Å². The largest absolute Gasteiger partial charge is 0.444 e. The predicted molar refractivity (Wildman–Crippen MR) is 56.6 cm³/mol. The molecular formula is C11H19F2NO2. The van der Waals surface area contributed by atoms with E-state index in [0.717, 1.165) is 0 Å². The summed E-state index contributed by atoms with van der Waals surface area (Å²) in [5, 5.41) is 2.53. The van der Waals surface area contributed by atoms with Gasteiger partial charge < -0.3 is 10.1 Å². The summed E-state index contributed by atoms with van der Waals surface area (Å²) in [5.41, 5.74) is -1.46. The lowest BCUT2D eigenvalue weighted by Crippen LogP contribution is -2.46. The van der Waals surface area contributed by atoms with E-state index in [-0.39, 0.29) is 19.3 Å². The minimum Gasteiger partial charge on any atom is -0.444 e. The summed E-state index contributed by atoms with van der Waals surface area (Å²) in [4.78, 5) is 11.5. The van der Waals surface area contributed by atoms with Crippen molar-refractivity contribution in [3.63, 3.8) is 0 Å². The van der Waals surface area contributed by atoms with Gasteiger partial charge in [-0.25, -0.2) is 13.6 Å². The van der Waals surface area contributed by atoms with Crippen LogP contribution in [0.2, 0.25) is 0 Å². The lowest BCUT2D eigenvalue weighted by atomic mass is 10.0. The summed E-state index contributed by atoms with van der Waals surface area (Å²) in [7, 11) is 0. The van der Waals surface area contributed by atoms with Gasteiger partial charge in [0.15, 0.2) is 0 Å². The quantitative estimate of drug-likeness (QED) is 0.758. The Hall–Kier alpha value is -0.870. The van der Waals surface area contributed by atoms with Crippen molar-refractivity contribution < 1.29 is 18.3 Å². The third-order valence-corrected chi connectivity index (χ3v) is 2.49. The number of hydrogen-bond acceptors (Lipinski definition) is 2. The first kappa shape index (κ1) is 13.2. The zero-order valence-electron chi connectivity index (χ0n) is 10.2. The van der Waals surface area contributed by atoms with E-state index in [1.807, 2.05) is 0 Å². The summed E-state index contributed by atoms with van der Waals surface area (Å²) < 4.78 is 31.1. The number of amides is 1. The number of carbonyl (C=O) groups is 1. The first-order valence-corrected chi connectivity index (χ1v) is 5.40. The Balaban J connectivity index is 2.52. The molecule has 1 N–H and O–H groups in total. The minimum absolute atomic E-state index is 0.181. The molecule has 1 amide bonds. The van der Waals surface area contributed by atoms with E-state index in [2.05, 4.69) is 5.32 Å². The van der Waals surface area contributed by atoms with E-state index in [9.17, 15) is 13.6 Å². The maximum Gasteiger partial charge on any atom is 0.408 e. The molecule has 0 spiro atoms. The predicted octanol–water partition coefficient (Wildman–Crippen LogP) is 3.09. The molecule has 1 unspecified atom stereocenters. The number of alkyl halides is 2. The van der Waals surface area contributed by atoms with Crippen molar-refractivity contribution in [3.05, 3.63) is 0 Å². The molecule has 5 heteroatoms. The smallest absolute Gasteiger partial charge is 0.408 e. The average molecular weight is 235 g/mol. The van der Waals surface area contributed by atoms with Crippen LogP contribution < -0.4 is 5.32 Å². The van der Waals surface area contributed by atoms with Gasteiger partial charge in [0.05, 0.1) is 0 Å². The Labute approximate surface area is 94.5 Å². The first-order chi connectivity index (χ1) is 7.02. The van der Waals surface area contributed by atoms with Crippen molar-refractivity contribution in [2.75, 3.05) is 0 Å². The Kier molecular flexibility index (Phi) is 3.18. The van der Waals surface area contributed by atoms with Crippen molar-refractivity contribution in [2.24, 2.45) is 0 Å². The average Bonchev–Trinajstić information content (AvgIpc) is 2.19. The highest BCUT2D eigenvalue weighted by molar-refractivity contribution is 5.68. The van der Waals surface area contributed by atoms with Crippen molar-refractivity contribution in [1.29, 1.82) is 0 Å². The molecule has 0 aromatic rings. The van der Waals surface area contributed by atoms with E-state index in [1.165, 1.54) is 0 Å². The fourth-order valence-corrected chi connectivity index (χ4v) is 1.86. The Morgan fingerprint density at radius 2 is 1.88 bits per heavy atom. The highest BCUT2D eigenvalue weighted by atomic mass is 19.3. The number of ether oxygens (including phenoxy) is 1. The van der Waals surface area contributed by atoms with Crippen LogP contribution in [0.15, 0.2) is 0 Å². The Bertz CT molecular complexity index is 286. The van der Waals surface area contributed by atoms with Gasteiger partial charge in [-0.15, -0.1) is 0 Å². The van der Waals surface area contributed by atoms with Gasteiger partial charge in [-0.1, -0.05) is 0 Å². The third kappa shape index (κ3) is 3.94. The van der Waals surface area contributed by atoms with Crippen LogP contribution in [0.4, 0.5) is 13.6 Å². The molecule has 1 atom stereocenters. The van der Waals surface area contributed by atoms with Crippen LogP contribution in [0.25, 0.3) is 0 Å². The number of nitrogens with one attached hydrogen (secondary N) is 1. The van der Waals surface area contributed by atoms with Gasteiger partial charge >= 0.3 is 6.09 Å². The summed E-state index contributed by atoms with van der Waals surface area (Å²) in [6.07, 6.45) is -0.856. The van der Waals surface area contributed by atoms with Gasteiger partial charge in [0.1, 0.15) is 5.60 Å². The van der Waals surface area contributed by atoms with Crippen molar-refractivity contribution >= 4 is 6.09 Å². The van der Waals surface area contributed by atoms with Gasteiger partial charge in [-0.05, 0) is 34.1 Å². The molecule has 0 bridgehead atoms. The molecule has 1 rings (SSSR count). The number of carbonyl (C=O) groups excluding carboxylic acids is 1. The molecule has 1 fully saturated rings. The molecule has 1 aliphatic rings. The number of alkyl carbamates (subject to hydrolysis) is 1. The third-order valence-electron chi connectivity index (χ3n) is 2.49. The Morgan fingerprint density at radius 3 is 2.25 bits per heavy atom. The second-order valence-electron chi connectivity index (χ2n) is 5.72. The monoisotopic (exact) mass is 235 g/mol. The van der Waals surface area contributed by atoms with Crippen molar-refractivity contribution in [3.8, 4) is 0 Å². The topological polar surface area (TPSA) is 38.3 Å². The van der Waals surface area contributed by atoms with Crippen LogP contribution in [0, 0.1) is 0 Å². The van der Waals surface area contributed by atoms with Crippen LogP contribution in [-0.2, 0) is 4.74 Å². The molecule has 0 saturated heterocycles. The highest BCUT2D eigenvalue weighted by Gasteiger charge is 2.47. The molecule has 1 saturated carbocycles. The lowest BCUT2D eigenvalue weighted by molar-refractivity contribution is 0.000462. The fourth-order valence-electron chi connectivity index (χ4n) is 1.86. The lowest BCUT2D eigenvalue weighted by Gasteiger charge is -2.28. The highest BCUT2D eigenvalue weighted by Crippen LogP contribution is 2.41. The number of rotatable bonds is 1. The summed E-state index contributed by atoms with van der Waals surface area (Å²) >= 11 is 0. The van der Waals surface area contributed by atoms with Gasteiger partial charge in [-0.3, -0.25) is 0 Å². The normalized spacial score (nSPS) is 28.9. The van der Waals surface area contributed by atoms with Crippen molar-refractivity contribution in [1.82, 2.24) is 5.32 Å². The number of halogens is 2. The molecular weight excluding hydrogens is 216 g/mol. The molecule has 0 heterocycles. The maximum atomic E-state index is 13.0. The fraction of sp³-hybridized carbons (Fsp3) is 0.909. The summed E-state index contributed by atoms with van der Waals surface area (Å²) in [6, 6.07) is 0. The molecule has 0 aromatic carbocycles. The van der Waals surface area contributed by atoms with E-state index < -0.39 is 23.2 Å². The number of hydrogen-bond donors (Lipinski definition) is 1.